The Morgan fingerprint density at radius 2 is 1.87 bits per heavy atom. The van der Waals surface area contributed by atoms with Gasteiger partial charge in [-0.05, 0) is 0 Å². The van der Waals surface area contributed by atoms with Gasteiger partial charge in [-0.15, -0.1) is 0 Å². The summed E-state index contributed by atoms with van der Waals surface area (Å²) in [5.41, 5.74) is -0.988. The fourth-order valence-corrected chi connectivity index (χ4v) is 1.36. The van der Waals surface area contributed by atoms with Crippen molar-refractivity contribution in [2.24, 2.45) is 19.3 Å². The zero-order valence-corrected chi connectivity index (χ0v) is 8.68. The molecule has 0 radical (unpaired) electrons. The molecule has 1 heterocycles. The van der Waals surface area contributed by atoms with Crippen LogP contribution in [0.5, 0.6) is 5.88 Å². The summed E-state index contributed by atoms with van der Waals surface area (Å²) in [5, 5.41) is 2.63. The number of rotatable bonds is 3. The van der Waals surface area contributed by atoms with E-state index >= 15 is 0 Å². The molecule has 0 aliphatic rings. The van der Waals surface area contributed by atoms with Gasteiger partial charge in [0.05, 0.1) is 7.11 Å². The van der Waals surface area contributed by atoms with E-state index in [-0.39, 0.29) is 18.0 Å². The fourth-order valence-electron chi connectivity index (χ4n) is 1.36. The second kappa shape index (κ2) is 4.07. The van der Waals surface area contributed by atoms with Crippen LogP contribution in [0.25, 0.3) is 0 Å². The number of methoxy groups -OCH3 is 1. The van der Waals surface area contributed by atoms with Gasteiger partial charge in [0.1, 0.15) is 12.1 Å². The molecule has 0 amide bonds. The molecule has 0 atom stereocenters. The first kappa shape index (κ1) is 11.2. The van der Waals surface area contributed by atoms with Crippen molar-refractivity contribution in [2.45, 2.75) is 6.54 Å². The summed E-state index contributed by atoms with van der Waals surface area (Å²) in [4.78, 5) is 33.2. The molecule has 7 heteroatoms. The van der Waals surface area contributed by atoms with Crippen LogP contribution < -0.4 is 16.0 Å². The van der Waals surface area contributed by atoms with Crippen molar-refractivity contribution in [3.63, 3.8) is 0 Å². The summed E-state index contributed by atoms with van der Waals surface area (Å²) in [5.74, 6) is 0.0719. The second-order valence-electron chi connectivity index (χ2n) is 2.98. The minimum atomic E-state index is -0.561. The van der Waals surface area contributed by atoms with Crippen LogP contribution >= 0.6 is 0 Å². The van der Waals surface area contributed by atoms with Gasteiger partial charge in [0, 0.05) is 14.1 Å². The van der Waals surface area contributed by atoms with Crippen molar-refractivity contribution >= 4 is 0 Å². The van der Waals surface area contributed by atoms with Gasteiger partial charge in [0.2, 0.25) is 5.88 Å². The maximum atomic E-state index is 11.6. The lowest BCUT2D eigenvalue weighted by Crippen LogP contribution is -2.39. The summed E-state index contributed by atoms with van der Waals surface area (Å²) < 4.78 is 6.96. The second-order valence-corrected chi connectivity index (χ2v) is 2.98. The summed E-state index contributed by atoms with van der Waals surface area (Å²) >= 11 is 0. The molecular formula is C8H11N3O4. The monoisotopic (exact) mass is 213 g/mol. The van der Waals surface area contributed by atoms with E-state index in [1.807, 2.05) is 0 Å². The number of ether oxygens (including phenoxy) is 1. The molecule has 0 saturated heterocycles. The molecule has 0 aliphatic heterocycles. The van der Waals surface area contributed by atoms with Gasteiger partial charge in [0.15, 0.2) is 0 Å². The number of hydrogen-bond donors (Lipinski definition) is 0. The number of hydrogen-bond acceptors (Lipinski definition) is 5. The van der Waals surface area contributed by atoms with Crippen molar-refractivity contribution in [3.05, 3.63) is 31.3 Å². The average Bonchev–Trinajstić information content (AvgIpc) is 2.24. The Morgan fingerprint density at radius 1 is 1.27 bits per heavy atom. The molecule has 0 unspecified atom stereocenters. The normalized spacial score (nSPS) is 10.1. The van der Waals surface area contributed by atoms with E-state index in [1.165, 1.54) is 21.2 Å². The highest BCUT2D eigenvalue weighted by molar-refractivity contribution is 5.24. The van der Waals surface area contributed by atoms with Gasteiger partial charge >= 0.3 is 5.69 Å². The predicted molar refractivity (Wildman–Crippen MR) is 53.0 cm³/mol. The van der Waals surface area contributed by atoms with Crippen molar-refractivity contribution in [1.29, 1.82) is 0 Å². The predicted octanol–water partition coefficient (Wildman–Crippen LogP) is -0.641. The molecule has 0 aliphatic carbocycles. The minimum Gasteiger partial charge on any atom is -0.482 e. The Bertz CT molecular complexity index is 500. The van der Waals surface area contributed by atoms with E-state index in [2.05, 4.69) is 5.18 Å². The third-order valence-electron chi connectivity index (χ3n) is 2.12. The van der Waals surface area contributed by atoms with Crippen molar-refractivity contribution in [1.82, 2.24) is 9.13 Å². The van der Waals surface area contributed by atoms with Gasteiger partial charge in [-0.25, -0.2) is 4.79 Å². The molecule has 1 aromatic heterocycles. The zero-order chi connectivity index (χ0) is 11.6. The van der Waals surface area contributed by atoms with Crippen molar-refractivity contribution in [3.8, 4) is 5.88 Å². The quantitative estimate of drug-likeness (QED) is 0.625. The third kappa shape index (κ3) is 1.67. The molecule has 1 aromatic rings. The molecule has 82 valence electrons. The molecule has 0 saturated carbocycles. The smallest absolute Gasteiger partial charge is 0.333 e. The van der Waals surface area contributed by atoms with Crippen LogP contribution in [0.4, 0.5) is 0 Å². The van der Waals surface area contributed by atoms with Gasteiger partial charge < -0.3 is 4.74 Å². The average molecular weight is 213 g/mol. The standard InChI is InChI=1S/C8H11N3O4/c1-10-6(12)5(4-9-14)7(15-3)11(2)8(10)13/h4H2,1-3H3. The Hall–Kier alpha value is -1.92. The van der Waals surface area contributed by atoms with Crippen LogP contribution in [0.3, 0.4) is 0 Å². The molecule has 0 fully saturated rings. The van der Waals surface area contributed by atoms with E-state index in [0.717, 1.165) is 9.13 Å². The van der Waals surface area contributed by atoms with Crippen LogP contribution in [-0.4, -0.2) is 16.2 Å². The lowest BCUT2D eigenvalue weighted by atomic mass is 10.3. The van der Waals surface area contributed by atoms with Crippen molar-refractivity contribution in [2.75, 3.05) is 7.11 Å². The largest absolute Gasteiger partial charge is 0.482 e. The van der Waals surface area contributed by atoms with Crippen LogP contribution in [0.15, 0.2) is 14.8 Å². The Labute approximate surface area is 84.9 Å². The number of aromatic nitrogens is 2. The highest BCUT2D eigenvalue weighted by Crippen LogP contribution is 2.11. The fraction of sp³-hybridized carbons (Fsp3) is 0.500. The molecule has 0 aromatic carbocycles. The Morgan fingerprint density at radius 3 is 2.33 bits per heavy atom. The molecule has 0 bridgehead atoms. The topological polar surface area (TPSA) is 82.7 Å². The van der Waals surface area contributed by atoms with Crippen molar-refractivity contribution < 1.29 is 4.74 Å². The van der Waals surface area contributed by atoms with Crippen LogP contribution in [0.1, 0.15) is 5.56 Å². The van der Waals surface area contributed by atoms with E-state index in [0.29, 0.717) is 0 Å². The highest BCUT2D eigenvalue weighted by atomic mass is 16.5. The number of nitroso groups, excluding NO2 is 1. The molecule has 1 rings (SSSR count). The summed E-state index contributed by atoms with van der Waals surface area (Å²) in [6.45, 7) is -0.316. The summed E-state index contributed by atoms with van der Waals surface area (Å²) in [6.07, 6.45) is 0. The maximum absolute atomic E-state index is 11.6. The first-order chi connectivity index (χ1) is 7.04. The first-order valence-corrected chi connectivity index (χ1v) is 4.16. The lowest BCUT2D eigenvalue weighted by molar-refractivity contribution is 0.362. The van der Waals surface area contributed by atoms with E-state index in [9.17, 15) is 14.5 Å². The van der Waals surface area contributed by atoms with E-state index < -0.39 is 11.2 Å². The number of nitrogens with zero attached hydrogens (tertiary/aromatic N) is 3. The van der Waals surface area contributed by atoms with E-state index in [4.69, 9.17) is 4.74 Å². The summed E-state index contributed by atoms with van der Waals surface area (Å²) in [6, 6.07) is 0. The minimum absolute atomic E-state index is 0.0719. The third-order valence-corrected chi connectivity index (χ3v) is 2.12. The molecule has 7 nitrogen and oxygen atoms in total. The SMILES string of the molecule is COc1c(CN=O)c(=O)n(C)c(=O)n1C. The van der Waals surface area contributed by atoms with Gasteiger partial charge in [-0.2, -0.15) is 4.91 Å². The molecule has 15 heavy (non-hydrogen) atoms. The van der Waals surface area contributed by atoms with Crippen LogP contribution in [0, 0.1) is 4.91 Å². The highest BCUT2D eigenvalue weighted by Gasteiger charge is 2.15. The van der Waals surface area contributed by atoms with Gasteiger partial charge in [-0.1, -0.05) is 5.18 Å². The Balaban J connectivity index is 3.70. The lowest BCUT2D eigenvalue weighted by Gasteiger charge is -2.11. The van der Waals surface area contributed by atoms with Gasteiger partial charge in [0.25, 0.3) is 5.56 Å². The van der Waals surface area contributed by atoms with E-state index in [1.54, 1.807) is 0 Å². The van der Waals surface area contributed by atoms with Crippen LogP contribution in [-0.2, 0) is 20.6 Å². The maximum Gasteiger partial charge on any atom is 0.333 e. The zero-order valence-electron chi connectivity index (χ0n) is 8.68. The van der Waals surface area contributed by atoms with Crippen LogP contribution in [0.2, 0.25) is 0 Å². The Kier molecular flexibility index (Phi) is 3.03. The first-order valence-electron chi connectivity index (χ1n) is 4.16. The van der Waals surface area contributed by atoms with Gasteiger partial charge in [-0.3, -0.25) is 13.9 Å². The summed E-state index contributed by atoms with van der Waals surface area (Å²) in [7, 11) is 4.11. The molecule has 0 N–H and O–H groups in total. The molecular weight excluding hydrogens is 202 g/mol. The molecule has 0 spiro atoms.